The van der Waals surface area contributed by atoms with Gasteiger partial charge in [-0.15, -0.1) is 0 Å². The number of hydrogen-bond acceptors (Lipinski definition) is 3. The van der Waals surface area contributed by atoms with Gasteiger partial charge in [-0.2, -0.15) is 0 Å². The molecule has 1 rings (SSSR count). The highest BCUT2D eigenvalue weighted by Crippen LogP contribution is 2.28. The van der Waals surface area contributed by atoms with Crippen LogP contribution in [0.5, 0.6) is 0 Å². The molecule has 0 aliphatic carbocycles. The second kappa shape index (κ2) is 4.17. The molecular formula is C10H16BrN3. The maximum Gasteiger partial charge on any atom is 0.0750 e. The molecule has 0 saturated heterocycles. The van der Waals surface area contributed by atoms with Crippen molar-refractivity contribution in [2.24, 2.45) is 5.41 Å². The third-order valence-electron chi connectivity index (χ3n) is 1.72. The molecule has 0 radical (unpaired) electrons. The standard InChI is InChI=1S/C10H16BrN3/c1-10(2,3)6-14-9-7(11)4-13-5-8(9)12/h4-5H,6,12H2,1-3H3,(H,13,14). The third kappa shape index (κ3) is 3.18. The van der Waals surface area contributed by atoms with E-state index in [0.717, 1.165) is 16.7 Å². The lowest BCUT2D eigenvalue weighted by atomic mass is 9.97. The summed E-state index contributed by atoms with van der Waals surface area (Å²) in [5.74, 6) is 0. The van der Waals surface area contributed by atoms with E-state index in [0.29, 0.717) is 5.69 Å². The van der Waals surface area contributed by atoms with Gasteiger partial charge in [-0.25, -0.2) is 0 Å². The Morgan fingerprint density at radius 2 is 2.07 bits per heavy atom. The fourth-order valence-corrected chi connectivity index (χ4v) is 1.48. The summed E-state index contributed by atoms with van der Waals surface area (Å²) < 4.78 is 0.904. The van der Waals surface area contributed by atoms with Gasteiger partial charge >= 0.3 is 0 Å². The van der Waals surface area contributed by atoms with Crippen LogP contribution in [-0.4, -0.2) is 11.5 Å². The zero-order chi connectivity index (χ0) is 10.8. The number of aromatic nitrogens is 1. The lowest BCUT2D eigenvalue weighted by Gasteiger charge is -2.20. The van der Waals surface area contributed by atoms with Crippen molar-refractivity contribution in [2.75, 3.05) is 17.6 Å². The molecule has 0 aliphatic heterocycles. The number of nitrogens with zero attached hydrogens (tertiary/aromatic N) is 1. The Morgan fingerprint density at radius 3 is 2.57 bits per heavy atom. The van der Waals surface area contributed by atoms with Crippen molar-refractivity contribution in [3.8, 4) is 0 Å². The van der Waals surface area contributed by atoms with Gasteiger partial charge < -0.3 is 11.1 Å². The maximum atomic E-state index is 5.80. The molecule has 0 amide bonds. The minimum Gasteiger partial charge on any atom is -0.396 e. The Bertz CT molecular complexity index is 297. The van der Waals surface area contributed by atoms with Gasteiger partial charge in [0.25, 0.3) is 0 Å². The first-order chi connectivity index (χ1) is 6.40. The van der Waals surface area contributed by atoms with Gasteiger partial charge in [0.15, 0.2) is 0 Å². The molecule has 1 aromatic heterocycles. The first-order valence-electron chi connectivity index (χ1n) is 4.53. The van der Waals surface area contributed by atoms with E-state index in [-0.39, 0.29) is 5.41 Å². The predicted molar refractivity (Wildman–Crippen MR) is 64.3 cm³/mol. The minimum absolute atomic E-state index is 0.231. The van der Waals surface area contributed by atoms with Gasteiger partial charge in [0.1, 0.15) is 0 Å². The highest BCUT2D eigenvalue weighted by Gasteiger charge is 2.11. The second-order valence-electron chi connectivity index (χ2n) is 4.50. The second-order valence-corrected chi connectivity index (χ2v) is 5.35. The molecule has 3 nitrogen and oxygen atoms in total. The van der Waals surface area contributed by atoms with Crippen LogP contribution in [0, 0.1) is 5.41 Å². The monoisotopic (exact) mass is 257 g/mol. The van der Waals surface area contributed by atoms with Crippen LogP contribution in [0.4, 0.5) is 11.4 Å². The van der Waals surface area contributed by atoms with Crippen molar-refractivity contribution < 1.29 is 0 Å². The molecular weight excluding hydrogens is 242 g/mol. The predicted octanol–water partition coefficient (Wildman–Crippen LogP) is 2.88. The molecule has 0 bridgehead atoms. The normalized spacial score (nSPS) is 11.4. The fraction of sp³-hybridized carbons (Fsp3) is 0.500. The van der Waals surface area contributed by atoms with E-state index in [2.05, 4.69) is 47.0 Å². The molecule has 4 heteroatoms. The minimum atomic E-state index is 0.231. The Labute approximate surface area is 93.2 Å². The largest absolute Gasteiger partial charge is 0.396 e. The molecule has 0 atom stereocenters. The van der Waals surface area contributed by atoms with Gasteiger partial charge in [-0.3, -0.25) is 4.98 Å². The molecule has 0 spiro atoms. The average molecular weight is 258 g/mol. The van der Waals surface area contributed by atoms with Crippen LogP contribution in [0.1, 0.15) is 20.8 Å². The Balaban J connectivity index is 2.77. The van der Waals surface area contributed by atoms with E-state index in [1.165, 1.54) is 0 Å². The molecule has 0 unspecified atom stereocenters. The number of nitrogens with one attached hydrogen (secondary N) is 1. The number of nitrogen functional groups attached to an aromatic ring is 1. The first kappa shape index (κ1) is 11.3. The number of nitrogens with two attached hydrogens (primary N) is 1. The lowest BCUT2D eigenvalue weighted by molar-refractivity contribution is 0.443. The summed E-state index contributed by atoms with van der Waals surface area (Å²) in [6, 6.07) is 0. The molecule has 0 aliphatic rings. The van der Waals surface area contributed by atoms with Gasteiger partial charge in [-0.05, 0) is 21.3 Å². The maximum absolute atomic E-state index is 5.80. The topological polar surface area (TPSA) is 50.9 Å². The molecule has 78 valence electrons. The molecule has 1 heterocycles. The van der Waals surface area contributed by atoms with Crippen LogP contribution in [0.2, 0.25) is 0 Å². The molecule has 1 aromatic rings. The van der Waals surface area contributed by atoms with Crippen molar-refractivity contribution in [1.29, 1.82) is 0 Å². The highest BCUT2D eigenvalue weighted by atomic mass is 79.9. The van der Waals surface area contributed by atoms with Gasteiger partial charge in [-0.1, -0.05) is 20.8 Å². The number of halogens is 1. The summed E-state index contributed by atoms with van der Waals surface area (Å²) in [5, 5.41) is 3.31. The smallest absolute Gasteiger partial charge is 0.0750 e. The number of rotatable bonds is 2. The Morgan fingerprint density at radius 1 is 1.43 bits per heavy atom. The number of anilines is 2. The number of hydrogen-bond donors (Lipinski definition) is 2. The van der Waals surface area contributed by atoms with E-state index in [9.17, 15) is 0 Å². The van der Waals surface area contributed by atoms with E-state index in [1.54, 1.807) is 12.4 Å². The molecule has 0 aromatic carbocycles. The summed E-state index contributed by atoms with van der Waals surface area (Å²) in [5.41, 5.74) is 7.62. The van der Waals surface area contributed by atoms with Crippen molar-refractivity contribution in [1.82, 2.24) is 4.98 Å². The summed E-state index contributed by atoms with van der Waals surface area (Å²) in [6.45, 7) is 7.39. The summed E-state index contributed by atoms with van der Waals surface area (Å²) in [4.78, 5) is 3.98. The molecule has 0 fully saturated rings. The summed E-state index contributed by atoms with van der Waals surface area (Å²) in [6.07, 6.45) is 3.39. The summed E-state index contributed by atoms with van der Waals surface area (Å²) in [7, 11) is 0. The zero-order valence-electron chi connectivity index (χ0n) is 8.76. The van der Waals surface area contributed by atoms with Gasteiger partial charge in [0.05, 0.1) is 22.0 Å². The van der Waals surface area contributed by atoms with E-state index in [1.807, 2.05) is 0 Å². The van der Waals surface area contributed by atoms with Crippen molar-refractivity contribution in [3.63, 3.8) is 0 Å². The van der Waals surface area contributed by atoms with Gasteiger partial charge in [0, 0.05) is 12.7 Å². The zero-order valence-corrected chi connectivity index (χ0v) is 10.4. The Hall–Kier alpha value is -0.770. The summed E-state index contributed by atoms with van der Waals surface area (Å²) >= 11 is 3.41. The fourth-order valence-electron chi connectivity index (χ4n) is 0.990. The van der Waals surface area contributed by atoms with E-state index >= 15 is 0 Å². The van der Waals surface area contributed by atoms with E-state index in [4.69, 9.17) is 5.73 Å². The van der Waals surface area contributed by atoms with Crippen LogP contribution in [0.25, 0.3) is 0 Å². The lowest BCUT2D eigenvalue weighted by Crippen LogP contribution is -2.19. The van der Waals surface area contributed by atoms with E-state index < -0.39 is 0 Å². The van der Waals surface area contributed by atoms with Crippen molar-refractivity contribution in [2.45, 2.75) is 20.8 Å². The SMILES string of the molecule is CC(C)(C)CNc1c(N)cncc1Br. The van der Waals surface area contributed by atoms with Gasteiger partial charge in [0.2, 0.25) is 0 Å². The quantitative estimate of drug-likeness (QED) is 0.857. The molecule has 0 saturated carbocycles. The number of pyridine rings is 1. The molecule has 3 N–H and O–H groups in total. The average Bonchev–Trinajstić information content (AvgIpc) is 2.01. The van der Waals surface area contributed by atoms with Crippen LogP contribution in [0.3, 0.4) is 0 Å². The van der Waals surface area contributed by atoms with Crippen LogP contribution >= 0.6 is 15.9 Å². The Kier molecular flexibility index (Phi) is 3.37. The van der Waals surface area contributed by atoms with Crippen molar-refractivity contribution >= 4 is 27.3 Å². The van der Waals surface area contributed by atoms with Crippen molar-refractivity contribution in [3.05, 3.63) is 16.9 Å². The van der Waals surface area contributed by atoms with Crippen LogP contribution in [-0.2, 0) is 0 Å². The molecule has 14 heavy (non-hydrogen) atoms. The van der Waals surface area contributed by atoms with Crippen LogP contribution < -0.4 is 11.1 Å². The van der Waals surface area contributed by atoms with Crippen LogP contribution in [0.15, 0.2) is 16.9 Å². The third-order valence-corrected chi connectivity index (χ3v) is 2.33. The first-order valence-corrected chi connectivity index (χ1v) is 5.32. The highest BCUT2D eigenvalue weighted by molar-refractivity contribution is 9.10.